The van der Waals surface area contributed by atoms with Gasteiger partial charge in [0.25, 0.3) is 0 Å². The van der Waals surface area contributed by atoms with E-state index in [2.05, 4.69) is 21.2 Å². The summed E-state index contributed by atoms with van der Waals surface area (Å²) in [4.78, 5) is 12.2. The first-order valence-electron chi connectivity index (χ1n) is 6.66. The van der Waals surface area contributed by atoms with Gasteiger partial charge in [-0.1, -0.05) is 6.07 Å². The van der Waals surface area contributed by atoms with E-state index in [9.17, 15) is 9.18 Å². The molecular formula is C15H19BrFNO2. The highest BCUT2D eigenvalue weighted by Crippen LogP contribution is 2.32. The Morgan fingerprint density at radius 2 is 2.10 bits per heavy atom. The average Bonchev–Trinajstić information content (AvgIpc) is 2.79. The van der Waals surface area contributed by atoms with Crippen LogP contribution in [0.2, 0.25) is 0 Å². The summed E-state index contributed by atoms with van der Waals surface area (Å²) in [5.74, 6) is -0.851. The zero-order valence-corrected chi connectivity index (χ0v) is 13.5. The maximum atomic E-state index is 13.6. The van der Waals surface area contributed by atoms with Gasteiger partial charge in [0, 0.05) is 19.0 Å². The van der Waals surface area contributed by atoms with Crippen molar-refractivity contribution < 1.29 is 13.9 Å². The predicted octanol–water partition coefficient (Wildman–Crippen LogP) is 3.23. The van der Waals surface area contributed by atoms with E-state index in [4.69, 9.17) is 4.74 Å². The van der Waals surface area contributed by atoms with Crippen molar-refractivity contribution in [2.24, 2.45) is 5.92 Å². The van der Waals surface area contributed by atoms with E-state index < -0.39 is 5.60 Å². The lowest BCUT2D eigenvalue weighted by Gasteiger charge is -2.24. The fourth-order valence-corrected chi connectivity index (χ4v) is 2.64. The van der Waals surface area contributed by atoms with Crippen molar-refractivity contribution in [3.8, 4) is 0 Å². The minimum atomic E-state index is -0.505. The predicted molar refractivity (Wildman–Crippen MR) is 79.0 cm³/mol. The standard InChI is InChI=1S/C15H19BrFNO2/c1-15(2,3)20-14(19)11-8-18-7-10(11)9-4-5-12(16)13(17)6-9/h4-6,10-11,18H,7-8H2,1-3H3/t10-,11+/m0/s1. The molecule has 1 N–H and O–H groups in total. The lowest BCUT2D eigenvalue weighted by Crippen LogP contribution is -2.31. The molecule has 0 radical (unpaired) electrons. The molecule has 1 aromatic carbocycles. The van der Waals surface area contributed by atoms with E-state index >= 15 is 0 Å². The molecule has 0 bridgehead atoms. The van der Waals surface area contributed by atoms with Gasteiger partial charge in [0.2, 0.25) is 0 Å². The van der Waals surface area contributed by atoms with Gasteiger partial charge < -0.3 is 10.1 Å². The zero-order valence-electron chi connectivity index (χ0n) is 11.9. The van der Waals surface area contributed by atoms with Gasteiger partial charge in [0.05, 0.1) is 10.4 Å². The minimum Gasteiger partial charge on any atom is -0.460 e. The Hall–Kier alpha value is -0.940. The molecule has 0 aromatic heterocycles. The maximum Gasteiger partial charge on any atom is 0.311 e. The largest absolute Gasteiger partial charge is 0.460 e. The van der Waals surface area contributed by atoms with Crippen LogP contribution in [0.1, 0.15) is 32.3 Å². The molecule has 5 heteroatoms. The molecule has 2 rings (SSSR count). The van der Waals surface area contributed by atoms with Crippen molar-refractivity contribution >= 4 is 21.9 Å². The van der Waals surface area contributed by atoms with Gasteiger partial charge in [-0.2, -0.15) is 0 Å². The van der Waals surface area contributed by atoms with Crippen LogP contribution in [0, 0.1) is 11.7 Å². The summed E-state index contributed by atoms with van der Waals surface area (Å²) >= 11 is 3.14. The Morgan fingerprint density at radius 3 is 2.70 bits per heavy atom. The number of nitrogens with one attached hydrogen (secondary N) is 1. The molecular weight excluding hydrogens is 325 g/mol. The van der Waals surface area contributed by atoms with Gasteiger partial charge in [0.15, 0.2) is 0 Å². The van der Waals surface area contributed by atoms with Crippen LogP contribution >= 0.6 is 15.9 Å². The van der Waals surface area contributed by atoms with Gasteiger partial charge in [-0.15, -0.1) is 0 Å². The summed E-state index contributed by atoms with van der Waals surface area (Å²) in [7, 11) is 0. The SMILES string of the molecule is CC(C)(C)OC(=O)[C@@H]1CNC[C@H]1c1ccc(Br)c(F)c1. The normalized spacial score (nSPS) is 22.9. The molecule has 1 saturated heterocycles. The molecule has 20 heavy (non-hydrogen) atoms. The number of ether oxygens (including phenoxy) is 1. The third kappa shape index (κ3) is 3.58. The number of hydrogen-bond acceptors (Lipinski definition) is 3. The molecule has 1 heterocycles. The molecule has 1 aromatic rings. The molecule has 1 aliphatic rings. The van der Waals surface area contributed by atoms with Crippen LogP contribution in [-0.2, 0) is 9.53 Å². The molecule has 0 spiro atoms. The van der Waals surface area contributed by atoms with E-state index in [1.54, 1.807) is 6.07 Å². The van der Waals surface area contributed by atoms with Crippen molar-refractivity contribution in [2.75, 3.05) is 13.1 Å². The Balaban J connectivity index is 2.18. The Morgan fingerprint density at radius 1 is 1.40 bits per heavy atom. The first-order valence-corrected chi connectivity index (χ1v) is 7.46. The quantitative estimate of drug-likeness (QED) is 0.837. The lowest BCUT2D eigenvalue weighted by molar-refractivity contribution is -0.159. The fourth-order valence-electron chi connectivity index (χ4n) is 2.40. The topological polar surface area (TPSA) is 38.3 Å². The molecule has 2 atom stereocenters. The fraction of sp³-hybridized carbons (Fsp3) is 0.533. The molecule has 1 aliphatic heterocycles. The second-order valence-corrected chi connectivity index (χ2v) is 6.93. The molecule has 3 nitrogen and oxygen atoms in total. The number of halogens is 2. The Kier molecular flexibility index (Phi) is 4.49. The van der Waals surface area contributed by atoms with E-state index in [0.29, 0.717) is 17.6 Å². The Labute approximate surface area is 127 Å². The molecule has 1 fully saturated rings. The van der Waals surface area contributed by atoms with Gasteiger partial charge in [0.1, 0.15) is 11.4 Å². The van der Waals surface area contributed by atoms with Crippen LogP contribution in [0.3, 0.4) is 0 Å². The number of esters is 1. The number of carbonyl (C=O) groups is 1. The highest BCUT2D eigenvalue weighted by atomic mass is 79.9. The third-order valence-electron chi connectivity index (χ3n) is 3.30. The van der Waals surface area contributed by atoms with Crippen molar-refractivity contribution in [2.45, 2.75) is 32.3 Å². The zero-order chi connectivity index (χ0) is 14.9. The van der Waals surface area contributed by atoms with E-state index in [-0.39, 0.29) is 23.6 Å². The highest BCUT2D eigenvalue weighted by Gasteiger charge is 2.37. The van der Waals surface area contributed by atoms with Gasteiger partial charge in [-0.05, 0) is 54.4 Å². The lowest BCUT2D eigenvalue weighted by atomic mass is 9.89. The minimum absolute atomic E-state index is 0.0487. The van der Waals surface area contributed by atoms with Crippen molar-refractivity contribution in [1.29, 1.82) is 0 Å². The van der Waals surface area contributed by atoms with Crippen LogP contribution < -0.4 is 5.32 Å². The molecule has 0 aliphatic carbocycles. The average molecular weight is 344 g/mol. The van der Waals surface area contributed by atoms with E-state index in [1.165, 1.54) is 6.07 Å². The number of carbonyl (C=O) groups excluding carboxylic acids is 1. The maximum absolute atomic E-state index is 13.6. The second kappa shape index (κ2) is 5.82. The van der Waals surface area contributed by atoms with Gasteiger partial charge >= 0.3 is 5.97 Å². The van der Waals surface area contributed by atoms with Crippen molar-refractivity contribution in [3.05, 3.63) is 34.1 Å². The van der Waals surface area contributed by atoms with E-state index in [1.807, 2.05) is 26.8 Å². The summed E-state index contributed by atoms with van der Waals surface area (Å²) in [6.07, 6.45) is 0. The number of hydrogen-bond donors (Lipinski definition) is 1. The second-order valence-electron chi connectivity index (χ2n) is 6.08. The molecule has 0 unspecified atom stereocenters. The van der Waals surface area contributed by atoms with Gasteiger partial charge in [-0.25, -0.2) is 4.39 Å². The third-order valence-corrected chi connectivity index (χ3v) is 3.94. The molecule has 0 amide bonds. The monoisotopic (exact) mass is 343 g/mol. The van der Waals surface area contributed by atoms with Crippen molar-refractivity contribution in [1.82, 2.24) is 5.32 Å². The van der Waals surface area contributed by atoms with Gasteiger partial charge in [-0.3, -0.25) is 4.79 Å². The van der Waals surface area contributed by atoms with Crippen molar-refractivity contribution in [3.63, 3.8) is 0 Å². The summed E-state index contributed by atoms with van der Waals surface area (Å²) in [5, 5.41) is 3.19. The van der Waals surface area contributed by atoms with Crippen LogP contribution in [0.4, 0.5) is 4.39 Å². The van der Waals surface area contributed by atoms with Crippen LogP contribution in [-0.4, -0.2) is 24.7 Å². The molecule has 0 saturated carbocycles. The smallest absolute Gasteiger partial charge is 0.311 e. The summed E-state index contributed by atoms with van der Waals surface area (Å²) in [6.45, 7) is 6.77. The number of benzene rings is 1. The first kappa shape index (κ1) is 15.4. The van der Waals surface area contributed by atoms with E-state index in [0.717, 1.165) is 5.56 Å². The first-order chi connectivity index (χ1) is 9.28. The number of rotatable bonds is 2. The summed E-state index contributed by atoms with van der Waals surface area (Å²) in [5.41, 5.74) is 0.321. The van der Waals surface area contributed by atoms with Crippen LogP contribution in [0.15, 0.2) is 22.7 Å². The Bertz CT molecular complexity index is 513. The summed E-state index contributed by atoms with van der Waals surface area (Å²) < 4.78 is 19.5. The van der Waals surface area contributed by atoms with Crippen LogP contribution in [0.5, 0.6) is 0 Å². The summed E-state index contributed by atoms with van der Waals surface area (Å²) in [6, 6.07) is 5.01. The van der Waals surface area contributed by atoms with Crippen LogP contribution in [0.25, 0.3) is 0 Å². The highest BCUT2D eigenvalue weighted by molar-refractivity contribution is 9.10. The molecule has 110 valence electrons.